The molecular formula is C20H19FN4O2. The molecule has 0 aliphatic carbocycles. The van der Waals surface area contributed by atoms with Gasteiger partial charge in [-0.2, -0.15) is 5.10 Å². The van der Waals surface area contributed by atoms with Crippen LogP contribution >= 0.6 is 0 Å². The van der Waals surface area contributed by atoms with E-state index < -0.39 is 6.03 Å². The molecule has 2 aromatic carbocycles. The highest BCUT2D eigenvalue weighted by Crippen LogP contribution is 2.24. The summed E-state index contributed by atoms with van der Waals surface area (Å²) >= 11 is 0. The van der Waals surface area contributed by atoms with Gasteiger partial charge in [0, 0.05) is 24.4 Å². The SMILES string of the molecule is CCC#CCOc1ccc2c(NC(=O)NCc3ccc(F)cc3)n[nH]c2c1. The predicted octanol–water partition coefficient (Wildman–Crippen LogP) is 3.82. The Kier molecular flexibility index (Phi) is 5.90. The minimum atomic E-state index is -0.400. The Labute approximate surface area is 156 Å². The number of ether oxygens (including phenoxy) is 1. The van der Waals surface area contributed by atoms with Crippen molar-refractivity contribution in [2.45, 2.75) is 19.9 Å². The van der Waals surface area contributed by atoms with Crippen LogP contribution in [0.5, 0.6) is 5.75 Å². The number of rotatable bonds is 5. The van der Waals surface area contributed by atoms with E-state index in [9.17, 15) is 9.18 Å². The third-order valence-corrected chi connectivity index (χ3v) is 3.75. The number of nitrogens with zero attached hydrogens (tertiary/aromatic N) is 1. The number of anilines is 1. The number of carbonyl (C=O) groups excluding carboxylic acids is 1. The van der Waals surface area contributed by atoms with Crippen molar-refractivity contribution in [2.24, 2.45) is 0 Å². The zero-order chi connectivity index (χ0) is 19.1. The lowest BCUT2D eigenvalue weighted by atomic mass is 10.2. The summed E-state index contributed by atoms with van der Waals surface area (Å²) < 4.78 is 18.4. The molecule has 2 amide bonds. The molecule has 138 valence electrons. The molecule has 0 spiro atoms. The molecule has 0 saturated heterocycles. The standard InChI is InChI=1S/C20H19FN4O2/c1-2-3-4-11-27-16-9-10-17-18(12-16)24-25-19(17)23-20(26)22-13-14-5-7-15(21)8-6-14/h5-10,12H,2,11,13H2,1H3,(H3,22,23,24,25,26). The van der Waals surface area contributed by atoms with Crippen LogP contribution in [0, 0.1) is 17.7 Å². The lowest BCUT2D eigenvalue weighted by Gasteiger charge is -2.06. The van der Waals surface area contributed by atoms with Crippen LogP contribution in [0.15, 0.2) is 42.5 Å². The first-order chi connectivity index (χ1) is 13.2. The number of aromatic amines is 1. The molecular weight excluding hydrogens is 347 g/mol. The summed E-state index contributed by atoms with van der Waals surface area (Å²) in [5.74, 6) is 6.62. The lowest BCUT2D eigenvalue weighted by molar-refractivity contribution is 0.251. The Hall–Kier alpha value is -3.53. The second-order valence-corrected chi connectivity index (χ2v) is 5.71. The van der Waals surface area contributed by atoms with E-state index in [4.69, 9.17) is 4.74 Å². The van der Waals surface area contributed by atoms with Gasteiger partial charge >= 0.3 is 6.03 Å². The lowest BCUT2D eigenvalue weighted by Crippen LogP contribution is -2.28. The summed E-state index contributed by atoms with van der Waals surface area (Å²) in [7, 11) is 0. The van der Waals surface area contributed by atoms with Crippen molar-refractivity contribution in [3.05, 3.63) is 53.8 Å². The average Bonchev–Trinajstić information content (AvgIpc) is 3.07. The fraction of sp³-hybridized carbons (Fsp3) is 0.200. The van der Waals surface area contributed by atoms with Gasteiger partial charge in [-0.1, -0.05) is 25.0 Å². The molecule has 0 aliphatic heterocycles. The fourth-order valence-corrected chi connectivity index (χ4v) is 2.42. The second-order valence-electron chi connectivity index (χ2n) is 5.71. The first-order valence-electron chi connectivity index (χ1n) is 8.51. The van der Waals surface area contributed by atoms with Crippen molar-refractivity contribution in [3.63, 3.8) is 0 Å². The number of aromatic nitrogens is 2. The molecule has 6 nitrogen and oxygen atoms in total. The van der Waals surface area contributed by atoms with Crippen LogP contribution in [0.4, 0.5) is 15.0 Å². The second kappa shape index (κ2) is 8.72. The van der Waals surface area contributed by atoms with Crippen molar-refractivity contribution in [1.29, 1.82) is 0 Å². The van der Waals surface area contributed by atoms with Crippen molar-refractivity contribution in [1.82, 2.24) is 15.5 Å². The van der Waals surface area contributed by atoms with Gasteiger partial charge in [0.15, 0.2) is 5.82 Å². The molecule has 0 atom stereocenters. The zero-order valence-electron chi connectivity index (χ0n) is 14.8. The van der Waals surface area contributed by atoms with E-state index in [1.807, 2.05) is 13.0 Å². The van der Waals surface area contributed by atoms with Gasteiger partial charge in [0.05, 0.1) is 5.52 Å². The van der Waals surface area contributed by atoms with Gasteiger partial charge in [-0.3, -0.25) is 10.4 Å². The molecule has 3 aromatic rings. The first-order valence-corrected chi connectivity index (χ1v) is 8.51. The van der Waals surface area contributed by atoms with E-state index in [0.717, 1.165) is 22.9 Å². The van der Waals surface area contributed by atoms with Crippen molar-refractivity contribution in [3.8, 4) is 17.6 Å². The number of fused-ring (bicyclic) bond motifs is 1. The highest BCUT2D eigenvalue weighted by Gasteiger charge is 2.10. The Morgan fingerprint density at radius 2 is 2.04 bits per heavy atom. The number of urea groups is 1. The minimum Gasteiger partial charge on any atom is -0.481 e. The van der Waals surface area contributed by atoms with Crippen LogP contribution in [0.1, 0.15) is 18.9 Å². The summed E-state index contributed by atoms with van der Waals surface area (Å²) in [6.45, 7) is 2.59. The van der Waals surface area contributed by atoms with Crippen LogP contribution in [-0.4, -0.2) is 22.8 Å². The van der Waals surface area contributed by atoms with Gasteiger partial charge in [-0.05, 0) is 29.8 Å². The number of nitrogens with one attached hydrogen (secondary N) is 3. The molecule has 1 aromatic heterocycles. The Bertz CT molecular complexity index is 987. The van der Waals surface area contributed by atoms with Gasteiger partial charge in [0.2, 0.25) is 0 Å². The highest BCUT2D eigenvalue weighted by atomic mass is 19.1. The number of benzene rings is 2. The van der Waals surface area contributed by atoms with Crippen LogP contribution in [0.2, 0.25) is 0 Å². The zero-order valence-corrected chi connectivity index (χ0v) is 14.8. The summed E-state index contributed by atoms with van der Waals surface area (Å²) in [6, 6.07) is 11.0. The van der Waals surface area contributed by atoms with E-state index >= 15 is 0 Å². The number of carbonyl (C=O) groups is 1. The first kappa shape index (κ1) is 18.3. The van der Waals surface area contributed by atoms with Gasteiger partial charge in [-0.25, -0.2) is 9.18 Å². The Morgan fingerprint density at radius 3 is 2.81 bits per heavy atom. The van der Waals surface area contributed by atoms with Crippen molar-refractivity contribution < 1.29 is 13.9 Å². The number of hydrogen-bond donors (Lipinski definition) is 3. The minimum absolute atomic E-state index is 0.283. The predicted molar refractivity (Wildman–Crippen MR) is 102 cm³/mol. The largest absolute Gasteiger partial charge is 0.481 e. The molecule has 0 radical (unpaired) electrons. The third kappa shape index (κ3) is 4.98. The molecule has 1 heterocycles. The fourth-order valence-electron chi connectivity index (χ4n) is 2.42. The summed E-state index contributed by atoms with van der Waals surface area (Å²) in [5.41, 5.74) is 1.54. The Balaban J connectivity index is 1.59. The summed E-state index contributed by atoms with van der Waals surface area (Å²) in [5, 5.41) is 13.2. The maximum Gasteiger partial charge on any atom is 0.320 e. The molecule has 3 N–H and O–H groups in total. The van der Waals surface area contributed by atoms with Crippen molar-refractivity contribution in [2.75, 3.05) is 11.9 Å². The Morgan fingerprint density at radius 1 is 1.22 bits per heavy atom. The molecule has 0 saturated carbocycles. The molecule has 0 bridgehead atoms. The topological polar surface area (TPSA) is 79.0 Å². The maximum absolute atomic E-state index is 12.9. The number of amides is 2. The van der Waals surface area contributed by atoms with Crippen LogP contribution in [0.25, 0.3) is 10.9 Å². The number of halogens is 1. The van der Waals surface area contributed by atoms with E-state index in [-0.39, 0.29) is 12.4 Å². The normalized spacial score (nSPS) is 10.1. The monoisotopic (exact) mass is 366 g/mol. The smallest absolute Gasteiger partial charge is 0.320 e. The summed E-state index contributed by atoms with van der Waals surface area (Å²) in [6.07, 6.45) is 0.793. The molecule has 7 heteroatoms. The highest BCUT2D eigenvalue weighted by molar-refractivity contribution is 5.99. The van der Waals surface area contributed by atoms with E-state index in [1.165, 1.54) is 12.1 Å². The quantitative estimate of drug-likeness (QED) is 0.601. The van der Waals surface area contributed by atoms with Gasteiger partial charge in [-0.15, -0.1) is 5.92 Å². The maximum atomic E-state index is 12.9. The van der Waals surface area contributed by atoms with E-state index in [0.29, 0.717) is 18.2 Å². The van der Waals surface area contributed by atoms with Crippen LogP contribution in [-0.2, 0) is 6.54 Å². The van der Waals surface area contributed by atoms with Crippen molar-refractivity contribution >= 4 is 22.8 Å². The molecule has 0 fully saturated rings. The molecule has 0 unspecified atom stereocenters. The van der Waals surface area contributed by atoms with E-state index in [1.54, 1.807) is 24.3 Å². The van der Waals surface area contributed by atoms with Gasteiger partial charge < -0.3 is 10.1 Å². The van der Waals surface area contributed by atoms with Gasteiger partial charge in [0.25, 0.3) is 0 Å². The molecule has 0 aliphatic rings. The van der Waals surface area contributed by atoms with Gasteiger partial charge in [0.1, 0.15) is 18.2 Å². The number of hydrogen-bond acceptors (Lipinski definition) is 3. The third-order valence-electron chi connectivity index (χ3n) is 3.75. The van der Waals surface area contributed by atoms with Crippen LogP contribution < -0.4 is 15.4 Å². The molecule has 27 heavy (non-hydrogen) atoms. The molecule has 3 rings (SSSR count). The van der Waals surface area contributed by atoms with Crippen LogP contribution in [0.3, 0.4) is 0 Å². The average molecular weight is 366 g/mol. The van der Waals surface area contributed by atoms with E-state index in [2.05, 4.69) is 32.7 Å². The summed E-state index contributed by atoms with van der Waals surface area (Å²) in [4.78, 5) is 12.1. The number of H-pyrrole nitrogens is 1.